The zero-order valence-electron chi connectivity index (χ0n) is 15.0. The summed E-state index contributed by atoms with van der Waals surface area (Å²) in [4.78, 5) is 0. The highest BCUT2D eigenvalue weighted by Crippen LogP contribution is 2.39. The Morgan fingerprint density at radius 1 is 1.15 bits per heavy atom. The third kappa shape index (κ3) is 4.94. The molecule has 0 spiro atoms. The Kier molecular flexibility index (Phi) is 6.37. The molecule has 1 unspecified atom stereocenters. The van der Waals surface area contributed by atoms with E-state index in [0.717, 1.165) is 0 Å². The Hall–Kier alpha value is -2.69. The molecule has 0 heterocycles. The van der Waals surface area contributed by atoms with Gasteiger partial charge in [0, 0.05) is 18.1 Å². The lowest BCUT2D eigenvalue weighted by Crippen LogP contribution is -2.16. The average Bonchev–Trinajstić information content (AvgIpc) is 2.60. The lowest BCUT2D eigenvalue weighted by molar-refractivity contribution is -0.274. The molecule has 0 bridgehead atoms. The molecule has 0 saturated heterocycles. The Balaban J connectivity index is 2.53. The van der Waals surface area contributed by atoms with Gasteiger partial charge >= 0.3 is 6.36 Å². The van der Waals surface area contributed by atoms with Gasteiger partial charge in [0.15, 0.2) is 0 Å². The Bertz CT molecular complexity index is 862. The van der Waals surface area contributed by atoms with E-state index in [9.17, 15) is 23.4 Å². The number of aliphatic hydroxyl groups is 2. The summed E-state index contributed by atoms with van der Waals surface area (Å²) in [6, 6.07) is 7.22. The minimum absolute atomic E-state index is 0.316. The fourth-order valence-electron chi connectivity index (χ4n) is 2.78. The van der Waals surface area contributed by atoms with Gasteiger partial charge in [-0.05, 0) is 42.7 Å². The molecule has 0 radical (unpaired) electrons. The van der Waals surface area contributed by atoms with Crippen LogP contribution in [0.4, 0.5) is 13.2 Å². The van der Waals surface area contributed by atoms with Crippen molar-refractivity contribution in [2.75, 3.05) is 6.61 Å². The van der Waals surface area contributed by atoms with E-state index in [1.807, 2.05) is 0 Å². The zero-order chi connectivity index (χ0) is 20.2. The average molecular weight is 380 g/mol. The molecule has 27 heavy (non-hydrogen) atoms. The molecule has 4 nitrogen and oxygen atoms in total. The maximum atomic E-state index is 12.3. The van der Waals surface area contributed by atoms with Crippen LogP contribution in [0, 0.1) is 25.9 Å². The normalized spacial score (nSPS) is 12.1. The Morgan fingerprint density at radius 3 is 2.30 bits per heavy atom. The van der Waals surface area contributed by atoms with E-state index in [4.69, 9.17) is 4.74 Å². The molecule has 2 N–H and O–H groups in total. The number of aliphatic hydroxyl groups excluding tert-OH is 2. The highest BCUT2D eigenvalue weighted by Gasteiger charge is 2.31. The summed E-state index contributed by atoms with van der Waals surface area (Å²) in [5.41, 5.74) is 3.05. The van der Waals surface area contributed by atoms with Gasteiger partial charge in [0.2, 0.25) is 0 Å². The highest BCUT2D eigenvalue weighted by atomic mass is 19.4. The first kappa shape index (κ1) is 20.6. The largest absolute Gasteiger partial charge is 0.573 e. The number of benzene rings is 2. The Morgan fingerprint density at radius 2 is 1.78 bits per heavy atom. The van der Waals surface area contributed by atoms with Crippen LogP contribution >= 0.6 is 0 Å². The van der Waals surface area contributed by atoms with Gasteiger partial charge in [-0.15, -0.1) is 13.2 Å². The third-order valence-corrected chi connectivity index (χ3v) is 3.94. The molecule has 0 amide bonds. The van der Waals surface area contributed by atoms with E-state index < -0.39 is 19.1 Å². The summed E-state index contributed by atoms with van der Waals surface area (Å²) in [6.07, 6.45) is -3.42. The summed E-state index contributed by atoms with van der Waals surface area (Å²) < 4.78 is 46.3. The molecule has 7 heteroatoms. The molecule has 0 saturated carbocycles. The molecule has 144 valence electrons. The maximum absolute atomic E-state index is 12.3. The molecule has 0 fully saturated rings. The quantitative estimate of drug-likeness (QED) is 0.762. The van der Waals surface area contributed by atoms with Crippen LogP contribution in [0.3, 0.4) is 0 Å². The zero-order valence-corrected chi connectivity index (χ0v) is 15.0. The first-order chi connectivity index (χ1) is 12.7. The van der Waals surface area contributed by atoms with Crippen molar-refractivity contribution in [2.45, 2.75) is 33.2 Å². The van der Waals surface area contributed by atoms with E-state index in [1.54, 1.807) is 26.8 Å². The first-order valence-electron chi connectivity index (χ1n) is 8.05. The second-order valence-corrected chi connectivity index (χ2v) is 5.83. The van der Waals surface area contributed by atoms with Crippen molar-refractivity contribution in [2.24, 2.45) is 0 Å². The number of halogens is 3. The summed E-state index contributed by atoms with van der Waals surface area (Å²) >= 11 is 0. The lowest BCUT2D eigenvalue weighted by atomic mass is 9.91. The molecule has 2 rings (SSSR count). The molecule has 2 aromatic rings. The third-order valence-electron chi connectivity index (χ3n) is 3.94. The highest BCUT2D eigenvalue weighted by molar-refractivity contribution is 5.73. The molecular weight excluding hydrogens is 361 g/mol. The van der Waals surface area contributed by atoms with Crippen LogP contribution in [0.15, 0.2) is 30.3 Å². The monoisotopic (exact) mass is 380 g/mol. The van der Waals surface area contributed by atoms with Crippen molar-refractivity contribution in [1.82, 2.24) is 0 Å². The van der Waals surface area contributed by atoms with Crippen molar-refractivity contribution in [3.8, 4) is 34.7 Å². The van der Waals surface area contributed by atoms with Gasteiger partial charge in [0.05, 0.1) is 6.61 Å². The second-order valence-electron chi connectivity index (χ2n) is 5.83. The van der Waals surface area contributed by atoms with E-state index in [2.05, 4.69) is 16.8 Å². The van der Waals surface area contributed by atoms with Crippen LogP contribution in [0.2, 0.25) is 0 Å². The van der Waals surface area contributed by atoms with E-state index in [0.29, 0.717) is 33.6 Å². The van der Waals surface area contributed by atoms with Crippen LogP contribution in [-0.2, 0) is 0 Å². The summed E-state index contributed by atoms with van der Waals surface area (Å²) in [5, 5.41) is 19.4. The van der Waals surface area contributed by atoms with E-state index in [-0.39, 0.29) is 5.75 Å². The van der Waals surface area contributed by atoms with Gasteiger partial charge in [-0.2, -0.15) is 0 Å². The molecule has 0 aromatic heterocycles. The molecule has 1 atom stereocenters. The van der Waals surface area contributed by atoms with Gasteiger partial charge in [0.25, 0.3) is 0 Å². The lowest BCUT2D eigenvalue weighted by Gasteiger charge is -2.20. The molecule has 0 aliphatic heterocycles. The Labute approximate surface area is 155 Å². The number of alkyl halides is 3. The number of ether oxygens (including phenoxy) is 2. The van der Waals surface area contributed by atoms with Crippen molar-refractivity contribution >= 4 is 0 Å². The number of hydrogen-bond acceptors (Lipinski definition) is 4. The topological polar surface area (TPSA) is 58.9 Å². The standard InChI is InChI=1S/C20H19F3O4/c1-4-9-26-19-13(3)16(10-12(2)18(19)17(25)11-24)14-5-7-15(8-6-14)27-20(21,22)23/h5-8,10,17,24-25H,11H2,1-3H3. The van der Waals surface area contributed by atoms with Gasteiger partial charge < -0.3 is 19.7 Å². The molecular formula is C20H19F3O4. The fraction of sp³-hybridized carbons (Fsp3) is 0.300. The van der Waals surface area contributed by atoms with Gasteiger partial charge in [-0.3, -0.25) is 0 Å². The SMILES string of the molecule is CC#COc1c(C)c(-c2ccc(OC(F)(F)F)cc2)cc(C)c1C(O)CO. The predicted octanol–water partition coefficient (Wildman–Crippen LogP) is 4.25. The van der Waals surface area contributed by atoms with E-state index in [1.165, 1.54) is 24.3 Å². The second kappa shape index (κ2) is 8.33. The van der Waals surface area contributed by atoms with Gasteiger partial charge in [0.1, 0.15) is 23.7 Å². The van der Waals surface area contributed by atoms with Crippen molar-refractivity contribution in [3.63, 3.8) is 0 Å². The van der Waals surface area contributed by atoms with Crippen molar-refractivity contribution in [3.05, 3.63) is 47.0 Å². The maximum Gasteiger partial charge on any atom is 0.573 e. The van der Waals surface area contributed by atoms with E-state index >= 15 is 0 Å². The van der Waals surface area contributed by atoms with Crippen molar-refractivity contribution in [1.29, 1.82) is 0 Å². The molecule has 0 aliphatic rings. The fourth-order valence-corrected chi connectivity index (χ4v) is 2.78. The predicted molar refractivity (Wildman–Crippen MR) is 94.2 cm³/mol. The summed E-state index contributed by atoms with van der Waals surface area (Å²) in [5.74, 6) is 2.59. The van der Waals surface area contributed by atoms with Crippen LogP contribution < -0.4 is 9.47 Å². The first-order valence-corrected chi connectivity index (χ1v) is 8.05. The number of rotatable bonds is 5. The summed E-state index contributed by atoms with van der Waals surface area (Å²) in [7, 11) is 0. The minimum atomic E-state index is -4.75. The summed E-state index contributed by atoms with van der Waals surface area (Å²) in [6.45, 7) is 4.59. The smallest absolute Gasteiger partial charge is 0.407 e. The van der Waals surface area contributed by atoms with Gasteiger partial charge in [-0.1, -0.05) is 24.1 Å². The number of hydrogen-bond donors (Lipinski definition) is 2. The van der Waals surface area contributed by atoms with Crippen LogP contribution in [0.25, 0.3) is 11.1 Å². The minimum Gasteiger partial charge on any atom is -0.407 e. The molecule has 2 aromatic carbocycles. The number of aryl methyl sites for hydroxylation is 1. The van der Waals surface area contributed by atoms with Crippen LogP contribution in [0.5, 0.6) is 11.5 Å². The van der Waals surface area contributed by atoms with Gasteiger partial charge in [-0.25, -0.2) is 0 Å². The van der Waals surface area contributed by atoms with Crippen LogP contribution in [0.1, 0.15) is 29.7 Å². The molecule has 0 aliphatic carbocycles. The van der Waals surface area contributed by atoms with Crippen LogP contribution in [-0.4, -0.2) is 23.2 Å². The van der Waals surface area contributed by atoms with Crippen molar-refractivity contribution < 1.29 is 32.9 Å².